The van der Waals surface area contributed by atoms with E-state index in [9.17, 15) is 4.79 Å². The first-order valence-electron chi connectivity index (χ1n) is 5.87. The number of rotatable bonds is 3. The van der Waals surface area contributed by atoms with Gasteiger partial charge in [0.2, 0.25) is 0 Å². The molecule has 0 aromatic rings. The van der Waals surface area contributed by atoms with Crippen LogP contribution in [-0.2, 0) is 9.63 Å². The molecule has 0 aromatic heterocycles. The molecular weight excluding hydrogens is 192 g/mol. The second kappa shape index (κ2) is 4.49. The predicted molar refractivity (Wildman–Crippen MR) is 57.1 cm³/mol. The van der Waals surface area contributed by atoms with Gasteiger partial charge in [-0.1, -0.05) is 12.8 Å². The monoisotopic (exact) mass is 212 g/mol. The summed E-state index contributed by atoms with van der Waals surface area (Å²) in [5.74, 6) is 0.0272. The number of amides is 1. The smallest absolute Gasteiger partial charge is 0.250 e. The van der Waals surface area contributed by atoms with Crippen LogP contribution in [0.1, 0.15) is 39.0 Å². The molecule has 2 rings (SSSR count). The van der Waals surface area contributed by atoms with E-state index in [0.29, 0.717) is 0 Å². The molecule has 1 atom stereocenters. The van der Waals surface area contributed by atoms with E-state index in [1.165, 1.54) is 12.8 Å². The highest BCUT2D eigenvalue weighted by molar-refractivity contribution is 5.81. The van der Waals surface area contributed by atoms with E-state index < -0.39 is 0 Å². The van der Waals surface area contributed by atoms with Gasteiger partial charge in [-0.25, -0.2) is 5.48 Å². The van der Waals surface area contributed by atoms with Gasteiger partial charge in [-0.15, -0.1) is 0 Å². The summed E-state index contributed by atoms with van der Waals surface area (Å²) in [6, 6.07) is 0. The predicted octanol–water partition coefficient (Wildman–Crippen LogP) is 0.976. The highest BCUT2D eigenvalue weighted by Gasteiger charge is 2.36. The zero-order valence-corrected chi connectivity index (χ0v) is 9.34. The van der Waals surface area contributed by atoms with Gasteiger partial charge in [-0.05, 0) is 32.7 Å². The Kier molecular flexibility index (Phi) is 3.26. The maximum Gasteiger partial charge on any atom is 0.250 e. The summed E-state index contributed by atoms with van der Waals surface area (Å²) >= 11 is 0. The van der Waals surface area contributed by atoms with Gasteiger partial charge in [0.05, 0.1) is 11.5 Å². The normalized spacial score (nSPS) is 32.1. The summed E-state index contributed by atoms with van der Waals surface area (Å²) < 4.78 is 0. The van der Waals surface area contributed by atoms with Crippen LogP contribution in [0.2, 0.25) is 0 Å². The molecule has 0 aromatic carbocycles. The Balaban J connectivity index is 1.76. The first kappa shape index (κ1) is 10.9. The summed E-state index contributed by atoms with van der Waals surface area (Å²) in [5.41, 5.74) is 2.35. The van der Waals surface area contributed by atoms with Gasteiger partial charge in [0.15, 0.2) is 0 Å². The van der Waals surface area contributed by atoms with Crippen LogP contribution in [0.25, 0.3) is 0 Å². The van der Waals surface area contributed by atoms with Crippen molar-refractivity contribution in [2.45, 2.75) is 45.1 Å². The Bertz CT molecular complexity index is 231. The second-order valence-electron chi connectivity index (χ2n) is 4.94. The van der Waals surface area contributed by atoms with E-state index in [2.05, 4.69) is 10.8 Å². The molecule has 4 nitrogen and oxygen atoms in total. The number of carbonyl (C=O) groups is 1. The van der Waals surface area contributed by atoms with E-state index in [1.54, 1.807) is 0 Å². The van der Waals surface area contributed by atoms with Gasteiger partial charge < -0.3 is 5.32 Å². The van der Waals surface area contributed by atoms with Gasteiger partial charge in [-0.3, -0.25) is 9.63 Å². The first-order chi connectivity index (χ1) is 7.21. The average Bonchev–Trinajstić information content (AvgIpc) is 2.85. The lowest BCUT2D eigenvalue weighted by atomic mass is 9.89. The molecule has 86 valence electrons. The van der Waals surface area contributed by atoms with Crippen LogP contribution in [0.3, 0.4) is 0 Å². The standard InChI is InChI=1S/C11H20N2O2/c1-11(6-7-12-8-11)10(14)13-15-9-4-2-3-5-9/h9,12H,2-8H2,1H3,(H,13,14). The van der Waals surface area contributed by atoms with Crippen molar-refractivity contribution in [1.29, 1.82) is 0 Å². The molecular formula is C11H20N2O2. The van der Waals surface area contributed by atoms with Crippen molar-refractivity contribution >= 4 is 5.91 Å². The van der Waals surface area contributed by atoms with Gasteiger partial charge >= 0.3 is 0 Å². The van der Waals surface area contributed by atoms with E-state index in [1.807, 2.05) is 6.92 Å². The third kappa shape index (κ3) is 2.49. The van der Waals surface area contributed by atoms with Crippen LogP contribution in [0.15, 0.2) is 0 Å². The van der Waals surface area contributed by atoms with Crippen LogP contribution in [0.5, 0.6) is 0 Å². The SMILES string of the molecule is CC1(C(=O)NOC2CCCC2)CCNC1. The molecule has 1 aliphatic heterocycles. The summed E-state index contributed by atoms with van der Waals surface area (Å²) in [5, 5.41) is 3.21. The average molecular weight is 212 g/mol. The van der Waals surface area contributed by atoms with E-state index >= 15 is 0 Å². The molecule has 1 unspecified atom stereocenters. The van der Waals surface area contributed by atoms with Crippen molar-refractivity contribution in [3.05, 3.63) is 0 Å². The van der Waals surface area contributed by atoms with Gasteiger partial charge in [0.25, 0.3) is 5.91 Å². The Morgan fingerprint density at radius 1 is 1.47 bits per heavy atom. The summed E-state index contributed by atoms with van der Waals surface area (Å²) in [4.78, 5) is 17.3. The van der Waals surface area contributed by atoms with E-state index in [0.717, 1.165) is 32.4 Å². The number of hydroxylamine groups is 1. The molecule has 1 aliphatic carbocycles. The highest BCUT2D eigenvalue weighted by atomic mass is 16.7. The molecule has 4 heteroatoms. The highest BCUT2D eigenvalue weighted by Crippen LogP contribution is 2.25. The largest absolute Gasteiger partial charge is 0.316 e. The summed E-state index contributed by atoms with van der Waals surface area (Å²) in [6.07, 6.45) is 5.74. The van der Waals surface area contributed by atoms with Crippen LogP contribution >= 0.6 is 0 Å². The lowest BCUT2D eigenvalue weighted by Crippen LogP contribution is -2.41. The third-order valence-electron chi connectivity index (χ3n) is 3.54. The first-order valence-corrected chi connectivity index (χ1v) is 5.87. The zero-order valence-electron chi connectivity index (χ0n) is 9.34. The van der Waals surface area contributed by atoms with Crippen molar-refractivity contribution in [2.24, 2.45) is 5.41 Å². The van der Waals surface area contributed by atoms with Crippen molar-refractivity contribution in [1.82, 2.24) is 10.8 Å². The van der Waals surface area contributed by atoms with E-state index in [-0.39, 0.29) is 17.4 Å². The maximum atomic E-state index is 11.8. The molecule has 15 heavy (non-hydrogen) atoms. The molecule has 2 aliphatic rings. The Labute approximate surface area is 90.7 Å². The van der Waals surface area contributed by atoms with Gasteiger partial charge in [-0.2, -0.15) is 0 Å². The minimum absolute atomic E-state index is 0.0272. The van der Waals surface area contributed by atoms with Crippen LogP contribution in [0, 0.1) is 5.41 Å². The summed E-state index contributed by atoms with van der Waals surface area (Å²) in [7, 11) is 0. The molecule has 1 amide bonds. The minimum Gasteiger partial charge on any atom is -0.316 e. The van der Waals surface area contributed by atoms with Crippen molar-refractivity contribution in [3.8, 4) is 0 Å². The quantitative estimate of drug-likeness (QED) is 0.686. The number of carbonyl (C=O) groups excluding carboxylic acids is 1. The van der Waals surface area contributed by atoms with E-state index in [4.69, 9.17) is 4.84 Å². The lowest BCUT2D eigenvalue weighted by molar-refractivity contribution is -0.147. The van der Waals surface area contributed by atoms with Crippen LogP contribution in [-0.4, -0.2) is 25.1 Å². The van der Waals surface area contributed by atoms with Crippen molar-refractivity contribution in [2.75, 3.05) is 13.1 Å². The number of nitrogens with one attached hydrogen (secondary N) is 2. The number of hydrogen-bond donors (Lipinski definition) is 2. The topological polar surface area (TPSA) is 50.4 Å². The Hall–Kier alpha value is -0.610. The molecule has 0 bridgehead atoms. The number of hydrogen-bond acceptors (Lipinski definition) is 3. The fraction of sp³-hybridized carbons (Fsp3) is 0.909. The van der Waals surface area contributed by atoms with Gasteiger partial charge in [0, 0.05) is 6.54 Å². The minimum atomic E-state index is -0.279. The molecule has 2 fully saturated rings. The maximum absolute atomic E-state index is 11.8. The van der Waals surface area contributed by atoms with Crippen LogP contribution < -0.4 is 10.8 Å². The fourth-order valence-corrected chi connectivity index (χ4v) is 2.28. The molecule has 2 N–H and O–H groups in total. The Morgan fingerprint density at radius 2 is 2.20 bits per heavy atom. The van der Waals surface area contributed by atoms with Crippen molar-refractivity contribution < 1.29 is 9.63 Å². The molecule has 0 spiro atoms. The molecule has 1 saturated carbocycles. The van der Waals surface area contributed by atoms with Crippen molar-refractivity contribution in [3.63, 3.8) is 0 Å². The molecule has 1 heterocycles. The zero-order chi connectivity index (χ0) is 10.7. The van der Waals surface area contributed by atoms with Gasteiger partial charge in [0.1, 0.15) is 0 Å². The lowest BCUT2D eigenvalue weighted by Gasteiger charge is -2.22. The Morgan fingerprint density at radius 3 is 2.80 bits per heavy atom. The third-order valence-corrected chi connectivity index (χ3v) is 3.54. The fourth-order valence-electron chi connectivity index (χ4n) is 2.28. The van der Waals surface area contributed by atoms with Crippen LogP contribution in [0.4, 0.5) is 0 Å². The summed E-state index contributed by atoms with van der Waals surface area (Å²) in [6.45, 7) is 3.67. The molecule has 0 radical (unpaired) electrons. The molecule has 1 saturated heterocycles. The second-order valence-corrected chi connectivity index (χ2v) is 4.94.